The SMILES string of the molecule is C=CC(=O)O[N+](C)(C)CCC(CC)S(=O)(=O)[O-]. The third-order valence-electron chi connectivity index (χ3n) is 2.36. The number of carbonyl (C=O) groups is 1. The molecular weight excluding hydrogens is 246 g/mol. The lowest BCUT2D eigenvalue weighted by atomic mass is 10.2. The molecule has 7 heteroatoms. The van der Waals surface area contributed by atoms with Crippen LogP contribution < -0.4 is 0 Å². The van der Waals surface area contributed by atoms with Crippen LogP contribution in [0.5, 0.6) is 0 Å². The summed E-state index contributed by atoms with van der Waals surface area (Å²) < 4.78 is 32.5. The average molecular weight is 265 g/mol. The summed E-state index contributed by atoms with van der Waals surface area (Å²) in [5, 5.41) is -0.942. The van der Waals surface area contributed by atoms with Gasteiger partial charge >= 0.3 is 5.97 Å². The van der Waals surface area contributed by atoms with Gasteiger partial charge in [-0.25, -0.2) is 13.2 Å². The van der Waals surface area contributed by atoms with E-state index in [-0.39, 0.29) is 24.0 Å². The molecule has 0 rings (SSSR count). The Labute approximate surface area is 102 Å². The third kappa shape index (κ3) is 6.40. The fraction of sp³-hybridized carbons (Fsp3) is 0.700. The molecule has 0 heterocycles. The normalized spacial score (nSPS) is 14.1. The molecule has 0 saturated carbocycles. The van der Waals surface area contributed by atoms with Crippen LogP contribution in [0.4, 0.5) is 0 Å². The predicted octanol–water partition coefficient (Wildman–Crippen LogP) is 0.421. The van der Waals surface area contributed by atoms with Crippen molar-refractivity contribution in [3.05, 3.63) is 12.7 Å². The summed E-state index contributed by atoms with van der Waals surface area (Å²) >= 11 is 0. The van der Waals surface area contributed by atoms with Crippen LogP contribution in [0.15, 0.2) is 12.7 Å². The van der Waals surface area contributed by atoms with E-state index in [1.807, 2.05) is 0 Å². The van der Waals surface area contributed by atoms with Crippen molar-refractivity contribution >= 4 is 16.1 Å². The highest BCUT2D eigenvalue weighted by molar-refractivity contribution is 7.86. The standard InChI is InChI=1S/C10H19NO5S/c1-5-9(17(13,14)15)7-8-11(3,4)16-10(12)6-2/h6,9H,2,5,7-8H2,1,3-4H3. The smallest absolute Gasteiger partial charge is 0.389 e. The summed E-state index contributed by atoms with van der Waals surface area (Å²) in [4.78, 5) is 16.0. The lowest BCUT2D eigenvalue weighted by Crippen LogP contribution is -2.43. The first-order chi connectivity index (χ1) is 7.62. The molecule has 0 aliphatic heterocycles. The van der Waals surface area contributed by atoms with Crippen molar-refractivity contribution in [1.82, 2.24) is 0 Å². The minimum atomic E-state index is -4.29. The highest BCUT2D eigenvalue weighted by Gasteiger charge is 2.24. The van der Waals surface area contributed by atoms with E-state index in [9.17, 15) is 17.8 Å². The van der Waals surface area contributed by atoms with E-state index in [0.29, 0.717) is 0 Å². The summed E-state index contributed by atoms with van der Waals surface area (Å²) in [5.41, 5.74) is 0. The molecule has 0 aliphatic carbocycles. The lowest BCUT2D eigenvalue weighted by Gasteiger charge is -2.27. The Kier molecular flexibility index (Phi) is 5.80. The van der Waals surface area contributed by atoms with Crippen LogP contribution in [-0.4, -0.2) is 49.5 Å². The van der Waals surface area contributed by atoms with Crippen LogP contribution >= 0.6 is 0 Å². The van der Waals surface area contributed by atoms with Gasteiger partial charge in [0.05, 0.1) is 15.4 Å². The van der Waals surface area contributed by atoms with Gasteiger partial charge in [-0.15, -0.1) is 4.65 Å². The molecule has 0 fully saturated rings. The van der Waals surface area contributed by atoms with Gasteiger partial charge in [-0.05, 0) is 6.42 Å². The van der Waals surface area contributed by atoms with Crippen molar-refractivity contribution in [1.29, 1.82) is 0 Å². The molecule has 0 saturated heterocycles. The van der Waals surface area contributed by atoms with Gasteiger partial charge in [0.2, 0.25) is 0 Å². The monoisotopic (exact) mass is 265 g/mol. The lowest BCUT2D eigenvalue weighted by molar-refractivity contribution is -1.06. The summed E-state index contributed by atoms with van der Waals surface area (Å²) in [6.45, 7) is 5.15. The molecule has 0 amide bonds. The Morgan fingerprint density at radius 2 is 2.06 bits per heavy atom. The molecule has 1 unspecified atom stereocenters. The maximum Gasteiger partial charge on any atom is 0.389 e. The minimum Gasteiger partial charge on any atom is -0.748 e. The van der Waals surface area contributed by atoms with E-state index < -0.39 is 21.3 Å². The summed E-state index contributed by atoms with van der Waals surface area (Å²) in [6, 6.07) is 0. The van der Waals surface area contributed by atoms with Crippen molar-refractivity contribution in [2.45, 2.75) is 25.0 Å². The number of nitrogens with zero attached hydrogens (tertiary/aromatic N) is 1. The zero-order valence-electron chi connectivity index (χ0n) is 10.4. The zero-order chi connectivity index (χ0) is 13.7. The van der Waals surface area contributed by atoms with Crippen molar-refractivity contribution in [2.75, 3.05) is 20.6 Å². The van der Waals surface area contributed by atoms with Crippen LogP contribution in [0.2, 0.25) is 0 Å². The number of rotatable bonds is 7. The highest BCUT2D eigenvalue weighted by Crippen LogP contribution is 2.12. The number of hydrogen-bond donors (Lipinski definition) is 0. The summed E-state index contributed by atoms with van der Waals surface area (Å²) in [6.07, 6.45) is 1.43. The van der Waals surface area contributed by atoms with Gasteiger partial charge < -0.3 is 4.55 Å². The Hall–Kier alpha value is -0.920. The van der Waals surface area contributed by atoms with Crippen molar-refractivity contribution in [3.63, 3.8) is 0 Å². The zero-order valence-corrected chi connectivity index (χ0v) is 11.2. The maximum atomic E-state index is 11.0. The molecule has 0 bridgehead atoms. The molecule has 1 atom stereocenters. The first-order valence-electron chi connectivity index (χ1n) is 5.26. The average Bonchev–Trinajstić information content (AvgIpc) is 2.15. The van der Waals surface area contributed by atoms with Crippen molar-refractivity contribution < 1.29 is 27.2 Å². The fourth-order valence-electron chi connectivity index (χ4n) is 1.33. The Morgan fingerprint density at radius 3 is 2.41 bits per heavy atom. The van der Waals surface area contributed by atoms with Gasteiger partial charge in [0.1, 0.15) is 20.6 Å². The second-order valence-corrected chi connectivity index (χ2v) is 5.88. The fourth-order valence-corrected chi connectivity index (χ4v) is 2.14. The number of carbonyl (C=O) groups excluding carboxylic acids is 1. The van der Waals surface area contributed by atoms with Crippen LogP contribution in [0.3, 0.4) is 0 Å². The van der Waals surface area contributed by atoms with Crippen LogP contribution in [0.1, 0.15) is 19.8 Å². The molecular formula is C10H19NO5S. The topological polar surface area (TPSA) is 83.5 Å². The molecule has 0 aromatic heterocycles. The third-order valence-corrected chi connectivity index (χ3v) is 3.74. The largest absolute Gasteiger partial charge is 0.748 e. The molecule has 0 N–H and O–H groups in total. The number of hydrogen-bond acceptors (Lipinski definition) is 5. The van der Waals surface area contributed by atoms with Crippen molar-refractivity contribution in [3.8, 4) is 0 Å². The van der Waals surface area contributed by atoms with Gasteiger partial charge in [-0.1, -0.05) is 13.5 Å². The number of hydroxylamine groups is 3. The first kappa shape index (κ1) is 16.1. The maximum absolute atomic E-state index is 11.0. The molecule has 6 nitrogen and oxygen atoms in total. The molecule has 100 valence electrons. The van der Waals surface area contributed by atoms with E-state index in [1.165, 1.54) is 0 Å². The van der Waals surface area contributed by atoms with Crippen molar-refractivity contribution in [2.24, 2.45) is 0 Å². The second kappa shape index (κ2) is 6.13. The molecule has 0 aromatic carbocycles. The van der Waals surface area contributed by atoms with Gasteiger partial charge in [0.25, 0.3) is 0 Å². The molecule has 0 aliphatic rings. The molecule has 0 aromatic rings. The Morgan fingerprint density at radius 1 is 1.53 bits per heavy atom. The molecule has 17 heavy (non-hydrogen) atoms. The van der Waals surface area contributed by atoms with E-state index in [4.69, 9.17) is 4.84 Å². The van der Waals surface area contributed by atoms with E-state index in [2.05, 4.69) is 6.58 Å². The van der Waals surface area contributed by atoms with Crippen LogP contribution in [0.25, 0.3) is 0 Å². The molecule has 0 spiro atoms. The Balaban J connectivity index is 4.44. The van der Waals surface area contributed by atoms with Gasteiger partial charge in [-0.3, -0.25) is 4.84 Å². The van der Waals surface area contributed by atoms with E-state index in [1.54, 1.807) is 21.0 Å². The summed E-state index contributed by atoms with van der Waals surface area (Å²) in [7, 11) is -1.09. The Bertz CT molecular complexity index is 374. The van der Waals surface area contributed by atoms with Gasteiger partial charge in [0.15, 0.2) is 0 Å². The van der Waals surface area contributed by atoms with E-state index >= 15 is 0 Å². The van der Waals surface area contributed by atoms with Crippen LogP contribution in [-0.2, 0) is 19.8 Å². The molecule has 0 radical (unpaired) electrons. The quantitative estimate of drug-likeness (QED) is 0.288. The first-order valence-corrected chi connectivity index (χ1v) is 6.73. The highest BCUT2D eigenvalue weighted by atomic mass is 32.2. The predicted molar refractivity (Wildman–Crippen MR) is 61.7 cm³/mol. The van der Waals surface area contributed by atoms with E-state index in [0.717, 1.165) is 6.08 Å². The summed E-state index contributed by atoms with van der Waals surface area (Å²) in [5.74, 6) is -0.590. The van der Waals surface area contributed by atoms with Crippen LogP contribution in [0, 0.1) is 0 Å². The number of quaternary nitrogens is 1. The second-order valence-electron chi connectivity index (χ2n) is 4.22. The minimum absolute atomic E-state index is 0.142. The van der Waals surface area contributed by atoms with Gasteiger partial charge in [0, 0.05) is 12.5 Å². The van der Waals surface area contributed by atoms with Gasteiger partial charge in [-0.2, -0.15) is 0 Å².